The molecule has 0 saturated carbocycles. The summed E-state index contributed by atoms with van der Waals surface area (Å²) in [4.78, 5) is 28.1. The number of para-hydroxylation sites is 1. The number of nitro groups is 1. The minimum absolute atomic E-state index is 0.155. The third-order valence-electron chi connectivity index (χ3n) is 4.36. The van der Waals surface area contributed by atoms with Gasteiger partial charge in [-0.25, -0.2) is 4.98 Å². The second-order valence-electron chi connectivity index (χ2n) is 6.36. The average molecular weight is 408 g/mol. The number of nitro benzene ring substituents is 1. The van der Waals surface area contributed by atoms with Gasteiger partial charge in [0.25, 0.3) is 11.6 Å². The van der Waals surface area contributed by atoms with E-state index in [1.165, 1.54) is 18.2 Å². The second-order valence-corrected chi connectivity index (χ2v) is 6.77. The first-order valence-electron chi connectivity index (χ1n) is 8.64. The van der Waals surface area contributed by atoms with Gasteiger partial charge in [0.15, 0.2) is 5.76 Å². The van der Waals surface area contributed by atoms with Crippen LogP contribution in [0.5, 0.6) is 0 Å². The number of pyridine rings is 1. The fourth-order valence-corrected chi connectivity index (χ4v) is 3.14. The number of non-ortho nitro benzene ring substituents is 1. The zero-order valence-electron chi connectivity index (χ0n) is 15.2. The number of aryl methyl sites for hydroxylation is 1. The lowest BCUT2D eigenvalue weighted by atomic mass is 10.1. The Morgan fingerprint density at radius 3 is 2.66 bits per heavy atom. The van der Waals surface area contributed by atoms with E-state index < -0.39 is 10.8 Å². The van der Waals surface area contributed by atoms with Crippen LogP contribution in [0.15, 0.2) is 65.1 Å². The molecule has 0 atom stereocenters. The Morgan fingerprint density at radius 1 is 1.14 bits per heavy atom. The van der Waals surface area contributed by atoms with Crippen LogP contribution in [0.4, 0.5) is 11.4 Å². The molecular weight excluding hydrogens is 394 g/mol. The molecule has 29 heavy (non-hydrogen) atoms. The van der Waals surface area contributed by atoms with Gasteiger partial charge in [0.05, 0.1) is 26.7 Å². The number of anilines is 1. The van der Waals surface area contributed by atoms with Crippen molar-refractivity contribution in [3.63, 3.8) is 0 Å². The van der Waals surface area contributed by atoms with Crippen molar-refractivity contribution >= 4 is 39.8 Å². The van der Waals surface area contributed by atoms with Crippen LogP contribution in [-0.4, -0.2) is 15.8 Å². The van der Waals surface area contributed by atoms with Gasteiger partial charge in [-0.2, -0.15) is 0 Å². The topological polar surface area (TPSA) is 98.3 Å². The fourth-order valence-electron chi connectivity index (χ4n) is 2.97. The summed E-state index contributed by atoms with van der Waals surface area (Å²) in [5, 5.41) is 14.5. The molecule has 1 amide bonds. The van der Waals surface area contributed by atoms with Crippen LogP contribution in [0.2, 0.25) is 5.02 Å². The van der Waals surface area contributed by atoms with Crippen LogP contribution in [-0.2, 0) is 0 Å². The predicted molar refractivity (Wildman–Crippen MR) is 110 cm³/mol. The number of hydrogen-bond donors (Lipinski definition) is 1. The number of benzene rings is 2. The number of furan rings is 1. The number of nitrogens with one attached hydrogen (secondary N) is 1. The molecule has 0 radical (unpaired) electrons. The number of aromatic nitrogens is 1. The first kappa shape index (κ1) is 18.6. The molecule has 2 aromatic carbocycles. The highest BCUT2D eigenvalue weighted by Gasteiger charge is 2.18. The standard InChI is InChI=1S/C21H14ClN3O4/c1-12-6-9-20(29-12)19-11-15(14-4-2-3-5-17(14)23-19)21(26)24-18-10-13(25(27)28)7-8-16(18)22/h2-11H,1H3,(H,24,26). The summed E-state index contributed by atoms with van der Waals surface area (Å²) in [6.45, 7) is 1.82. The summed E-state index contributed by atoms with van der Waals surface area (Å²) < 4.78 is 5.64. The Bertz CT molecular complexity index is 1270. The van der Waals surface area contributed by atoms with Gasteiger partial charge in [-0.05, 0) is 37.3 Å². The van der Waals surface area contributed by atoms with E-state index in [0.29, 0.717) is 27.9 Å². The molecular formula is C21H14ClN3O4. The zero-order valence-corrected chi connectivity index (χ0v) is 15.9. The van der Waals surface area contributed by atoms with Crippen molar-refractivity contribution in [2.24, 2.45) is 0 Å². The van der Waals surface area contributed by atoms with Crippen LogP contribution >= 0.6 is 11.6 Å². The lowest BCUT2D eigenvalue weighted by Crippen LogP contribution is -2.13. The summed E-state index contributed by atoms with van der Waals surface area (Å²) in [7, 11) is 0. The summed E-state index contributed by atoms with van der Waals surface area (Å²) in [5.74, 6) is 0.801. The summed E-state index contributed by atoms with van der Waals surface area (Å²) in [5.41, 5.74) is 1.46. The van der Waals surface area contributed by atoms with Crippen LogP contribution in [0.1, 0.15) is 16.1 Å². The van der Waals surface area contributed by atoms with Crippen molar-refractivity contribution in [1.29, 1.82) is 0 Å². The fraction of sp³-hybridized carbons (Fsp3) is 0.0476. The maximum atomic E-state index is 13.1. The Balaban J connectivity index is 1.79. The number of carbonyl (C=O) groups is 1. The molecule has 7 nitrogen and oxygen atoms in total. The highest BCUT2D eigenvalue weighted by Crippen LogP contribution is 2.30. The lowest BCUT2D eigenvalue weighted by molar-refractivity contribution is -0.384. The highest BCUT2D eigenvalue weighted by molar-refractivity contribution is 6.34. The number of halogens is 1. The lowest BCUT2D eigenvalue weighted by Gasteiger charge is -2.11. The van der Waals surface area contributed by atoms with Gasteiger partial charge in [-0.15, -0.1) is 0 Å². The zero-order chi connectivity index (χ0) is 20.5. The second kappa shape index (κ2) is 7.37. The van der Waals surface area contributed by atoms with E-state index in [1.54, 1.807) is 30.3 Å². The third-order valence-corrected chi connectivity index (χ3v) is 4.69. The van der Waals surface area contributed by atoms with E-state index in [1.807, 2.05) is 19.1 Å². The van der Waals surface area contributed by atoms with E-state index in [2.05, 4.69) is 10.3 Å². The third kappa shape index (κ3) is 3.68. The van der Waals surface area contributed by atoms with E-state index in [4.69, 9.17) is 16.0 Å². The van der Waals surface area contributed by atoms with Crippen molar-refractivity contribution < 1.29 is 14.1 Å². The monoisotopic (exact) mass is 407 g/mol. The van der Waals surface area contributed by atoms with Crippen molar-refractivity contribution in [3.8, 4) is 11.5 Å². The number of fused-ring (bicyclic) bond motifs is 1. The SMILES string of the molecule is Cc1ccc(-c2cc(C(=O)Nc3cc([N+](=O)[O-])ccc3Cl)c3ccccc3n2)o1. The molecule has 1 N–H and O–H groups in total. The number of rotatable bonds is 4. The van der Waals surface area contributed by atoms with Gasteiger partial charge in [-0.3, -0.25) is 14.9 Å². The van der Waals surface area contributed by atoms with E-state index in [0.717, 1.165) is 5.76 Å². The van der Waals surface area contributed by atoms with Crippen LogP contribution in [0, 0.1) is 17.0 Å². The Labute approximate surface area is 170 Å². The van der Waals surface area contributed by atoms with Crippen molar-refractivity contribution in [3.05, 3.63) is 87.1 Å². The molecule has 0 bridgehead atoms. The van der Waals surface area contributed by atoms with Gasteiger partial charge in [-0.1, -0.05) is 29.8 Å². The molecule has 0 aliphatic carbocycles. The van der Waals surface area contributed by atoms with Crippen LogP contribution < -0.4 is 5.32 Å². The number of carbonyl (C=O) groups excluding carboxylic acids is 1. The minimum Gasteiger partial charge on any atom is -0.460 e. The molecule has 8 heteroatoms. The van der Waals surface area contributed by atoms with Gasteiger partial charge >= 0.3 is 0 Å². The smallest absolute Gasteiger partial charge is 0.271 e. The van der Waals surface area contributed by atoms with Crippen molar-refractivity contribution in [1.82, 2.24) is 4.98 Å². The summed E-state index contributed by atoms with van der Waals surface area (Å²) in [6, 6.07) is 16.3. The van der Waals surface area contributed by atoms with Crippen molar-refractivity contribution in [2.75, 3.05) is 5.32 Å². The molecule has 0 aliphatic heterocycles. The van der Waals surface area contributed by atoms with E-state index in [9.17, 15) is 14.9 Å². The summed E-state index contributed by atoms with van der Waals surface area (Å²) in [6.07, 6.45) is 0. The maximum absolute atomic E-state index is 13.1. The van der Waals surface area contributed by atoms with Crippen LogP contribution in [0.25, 0.3) is 22.4 Å². The Kier molecular flexibility index (Phi) is 4.74. The molecule has 0 fully saturated rings. The van der Waals surface area contributed by atoms with Crippen molar-refractivity contribution in [2.45, 2.75) is 6.92 Å². The molecule has 4 aromatic rings. The molecule has 4 rings (SSSR count). The van der Waals surface area contributed by atoms with Gasteiger partial charge in [0.1, 0.15) is 11.5 Å². The molecule has 0 spiro atoms. The Morgan fingerprint density at radius 2 is 1.93 bits per heavy atom. The highest BCUT2D eigenvalue weighted by atomic mass is 35.5. The van der Waals surface area contributed by atoms with Gasteiger partial charge in [0.2, 0.25) is 0 Å². The largest absolute Gasteiger partial charge is 0.460 e. The average Bonchev–Trinajstić information content (AvgIpc) is 3.15. The van der Waals surface area contributed by atoms with Gasteiger partial charge < -0.3 is 9.73 Å². The van der Waals surface area contributed by atoms with E-state index >= 15 is 0 Å². The Hall–Kier alpha value is -3.71. The quantitative estimate of drug-likeness (QED) is 0.350. The minimum atomic E-state index is -0.550. The molecule has 144 valence electrons. The number of nitrogens with zero attached hydrogens (tertiary/aromatic N) is 2. The molecule has 0 saturated heterocycles. The maximum Gasteiger partial charge on any atom is 0.271 e. The number of hydrogen-bond acceptors (Lipinski definition) is 5. The summed E-state index contributed by atoms with van der Waals surface area (Å²) >= 11 is 6.12. The van der Waals surface area contributed by atoms with Crippen LogP contribution in [0.3, 0.4) is 0 Å². The number of amides is 1. The van der Waals surface area contributed by atoms with E-state index in [-0.39, 0.29) is 16.4 Å². The first-order chi connectivity index (χ1) is 13.9. The first-order valence-corrected chi connectivity index (χ1v) is 9.02. The molecule has 2 aromatic heterocycles. The molecule has 2 heterocycles. The molecule has 0 unspecified atom stereocenters. The molecule has 0 aliphatic rings. The normalized spacial score (nSPS) is 10.8. The van der Waals surface area contributed by atoms with Gasteiger partial charge in [0, 0.05) is 17.5 Å². The predicted octanol–water partition coefficient (Wildman–Crippen LogP) is 5.62.